The molecule has 0 spiro atoms. The van der Waals surface area contributed by atoms with E-state index < -0.39 is 0 Å². The van der Waals surface area contributed by atoms with Crippen molar-refractivity contribution in [3.8, 4) is 6.07 Å². The quantitative estimate of drug-likeness (QED) is 0.769. The van der Waals surface area contributed by atoms with E-state index in [0.29, 0.717) is 12.1 Å². The number of rotatable bonds is 5. The monoisotopic (exact) mass is 348 g/mol. The number of imidazole rings is 1. The predicted octanol–water partition coefficient (Wildman–Crippen LogP) is 2.57. The van der Waals surface area contributed by atoms with Gasteiger partial charge >= 0.3 is 5.69 Å². The maximum atomic E-state index is 12.6. The number of nitrogens with one attached hydrogen (secondary N) is 1. The highest BCUT2D eigenvalue weighted by atomic mass is 16.2. The first-order valence-electron chi connectivity index (χ1n) is 8.52. The second-order valence-electron chi connectivity index (χ2n) is 6.12. The molecule has 3 aromatic rings. The zero-order chi connectivity index (χ0) is 18.7. The second kappa shape index (κ2) is 7.28. The van der Waals surface area contributed by atoms with E-state index in [9.17, 15) is 9.59 Å². The fourth-order valence-electron chi connectivity index (χ4n) is 3.09. The summed E-state index contributed by atoms with van der Waals surface area (Å²) in [6.45, 7) is 4.30. The number of aromatic nitrogens is 2. The summed E-state index contributed by atoms with van der Waals surface area (Å²) < 4.78 is 3.16. The molecule has 0 aliphatic carbocycles. The zero-order valence-electron chi connectivity index (χ0n) is 14.8. The van der Waals surface area contributed by atoms with Gasteiger partial charge in [0, 0.05) is 6.54 Å². The minimum atomic E-state index is -0.233. The summed E-state index contributed by atoms with van der Waals surface area (Å²) in [5.41, 5.74) is 2.87. The van der Waals surface area contributed by atoms with Gasteiger partial charge in [0.1, 0.15) is 6.54 Å². The number of aryl methyl sites for hydroxylation is 1. The summed E-state index contributed by atoms with van der Waals surface area (Å²) in [7, 11) is 0. The van der Waals surface area contributed by atoms with E-state index in [1.54, 1.807) is 16.7 Å². The fraction of sp³-hybridized carbons (Fsp3) is 0.250. The van der Waals surface area contributed by atoms with Gasteiger partial charge in [0.05, 0.1) is 28.7 Å². The van der Waals surface area contributed by atoms with Crippen molar-refractivity contribution in [2.45, 2.75) is 33.0 Å². The lowest BCUT2D eigenvalue weighted by Crippen LogP contribution is -2.34. The Bertz CT molecular complexity index is 1040. The molecular weight excluding hydrogens is 328 g/mol. The smallest absolute Gasteiger partial charge is 0.329 e. The van der Waals surface area contributed by atoms with Crippen LogP contribution < -0.4 is 11.0 Å². The van der Waals surface area contributed by atoms with Gasteiger partial charge in [0.15, 0.2) is 0 Å². The van der Waals surface area contributed by atoms with Gasteiger partial charge in [0.2, 0.25) is 5.91 Å². The molecule has 0 bridgehead atoms. The van der Waals surface area contributed by atoms with Crippen molar-refractivity contribution in [3.05, 3.63) is 70.1 Å². The van der Waals surface area contributed by atoms with E-state index in [4.69, 9.17) is 5.26 Å². The van der Waals surface area contributed by atoms with Gasteiger partial charge in [-0.2, -0.15) is 5.26 Å². The van der Waals surface area contributed by atoms with E-state index in [1.165, 1.54) is 4.57 Å². The number of hydrogen-bond donors (Lipinski definition) is 1. The number of fused-ring (bicyclic) bond motifs is 1. The third kappa shape index (κ3) is 3.24. The number of carbonyl (C=O) groups is 1. The Morgan fingerprint density at radius 1 is 1.12 bits per heavy atom. The Kier molecular flexibility index (Phi) is 4.90. The number of hydrogen-bond acceptors (Lipinski definition) is 3. The van der Waals surface area contributed by atoms with Crippen LogP contribution in [0.4, 0.5) is 0 Å². The molecule has 6 nitrogen and oxygen atoms in total. The third-order valence-corrected chi connectivity index (χ3v) is 4.46. The van der Waals surface area contributed by atoms with Crippen molar-refractivity contribution in [1.82, 2.24) is 14.5 Å². The molecule has 0 aliphatic rings. The van der Waals surface area contributed by atoms with Crippen molar-refractivity contribution in [2.24, 2.45) is 0 Å². The Morgan fingerprint density at radius 2 is 1.73 bits per heavy atom. The summed E-state index contributed by atoms with van der Waals surface area (Å²) in [6, 6.07) is 16.4. The van der Waals surface area contributed by atoms with Crippen LogP contribution in [0.5, 0.6) is 0 Å². The molecular formula is C20H20N4O2. The molecule has 0 radical (unpaired) electrons. The topological polar surface area (TPSA) is 79.8 Å². The summed E-state index contributed by atoms with van der Waals surface area (Å²) in [4.78, 5) is 25.1. The molecule has 1 unspecified atom stereocenters. The molecule has 0 fully saturated rings. The van der Waals surface area contributed by atoms with Crippen molar-refractivity contribution in [3.63, 3.8) is 0 Å². The molecule has 1 heterocycles. The Balaban J connectivity index is 1.80. The average molecular weight is 348 g/mol. The number of carbonyl (C=O) groups excluding carboxylic acids is 1. The molecule has 6 heteroatoms. The number of amides is 1. The van der Waals surface area contributed by atoms with Crippen molar-refractivity contribution in [1.29, 1.82) is 5.26 Å². The van der Waals surface area contributed by atoms with E-state index in [2.05, 4.69) is 11.4 Å². The van der Waals surface area contributed by atoms with Crippen molar-refractivity contribution < 1.29 is 4.79 Å². The van der Waals surface area contributed by atoms with Crippen molar-refractivity contribution >= 4 is 16.9 Å². The predicted molar refractivity (Wildman–Crippen MR) is 99.6 cm³/mol. The van der Waals surface area contributed by atoms with Crippen LogP contribution >= 0.6 is 0 Å². The van der Waals surface area contributed by atoms with Gasteiger partial charge in [0.25, 0.3) is 0 Å². The molecule has 132 valence electrons. The van der Waals surface area contributed by atoms with Crippen molar-refractivity contribution in [2.75, 3.05) is 0 Å². The molecule has 3 rings (SSSR count). The third-order valence-electron chi connectivity index (χ3n) is 4.46. The maximum absolute atomic E-state index is 12.6. The molecule has 1 aromatic heterocycles. The van der Waals surface area contributed by atoms with Gasteiger partial charge in [-0.05, 0) is 43.7 Å². The number of benzene rings is 2. The van der Waals surface area contributed by atoms with Gasteiger partial charge < -0.3 is 5.32 Å². The highest BCUT2D eigenvalue weighted by Crippen LogP contribution is 2.15. The van der Waals surface area contributed by atoms with Crippen LogP contribution in [-0.4, -0.2) is 15.0 Å². The highest BCUT2D eigenvalue weighted by molar-refractivity contribution is 5.81. The Morgan fingerprint density at radius 3 is 2.31 bits per heavy atom. The SMILES string of the molecule is CCn1c(=O)n(CC(=O)NC(C)c2ccc(C#N)cc2)c2ccccc21. The van der Waals surface area contributed by atoms with Crippen LogP contribution in [0.25, 0.3) is 11.0 Å². The number of nitriles is 1. The molecule has 1 N–H and O–H groups in total. The highest BCUT2D eigenvalue weighted by Gasteiger charge is 2.16. The summed E-state index contributed by atoms with van der Waals surface area (Å²) in [5, 5.41) is 11.8. The zero-order valence-corrected chi connectivity index (χ0v) is 14.8. The second-order valence-corrected chi connectivity index (χ2v) is 6.12. The fourth-order valence-corrected chi connectivity index (χ4v) is 3.09. The Hall–Kier alpha value is -3.33. The summed E-state index contributed by atoms with van der Waals surface area (Å²) in [5.74, 6) is -0.233. The average Bonchev–Trinajstić information content (AvgIpc) is 2.93. The normalized spacial score (nSPS) is 11.9. The Labute approximate surface area is 151 Å². The maximum Gasteiger partial charge on any atom is 0.329 e. The summed E-state index contributed by atoms with van der Waals surface area (Å²) >= 11 is 0. The first kappa shape index (κ1) is 17.5. The van der Waals surface area contributed by atoms with Crippen LogP contribution in [0.3, 0.4) is 0 Å². The van der Waals surface area contributed by atoms with Gasteiger partial charge in [-0.25, -0.2) is 4.79 Å². The molecule has 26 heavy (non-hydrogen) atoms. The van der Waals surface area contributed by atoms with Crippen LogP contribution in [0.2, 0.25) is 0 Å². The first-order valence-corrected chi connectivity index (χ1v) is 8.52. The van der Waals surface area contributed by atoms with Crippen LogP contribution in [0.15, 0.2) is 53.3 Å². The van der Waals surface area contributed by atoms with E-state index >= 15 is 0 Å². The lowest BCUT2D eigenvalue weighted by Gasteiger charge is -2.14. The van der Waals surface area contributed by atoms with Gasteiger partial charge in [-0.3, -0.25) is 13.9 Å². The minimum absolute atomic E-state index is 0.0348. The summed E-state index contributed by atoms with van der Waals surface area (Å²) in [6.07, 6.45) is 0. The van der Waals surface area contributed by atoms with Gasteiger partial charge in [-0.1, -0.05) is 24.3 Å². The van der Waals surface area contributed by atoms with E-state index in [0.717, 1.165) is 16.6 Å². The lowest BCUT2D eigenvalue weighted by molar-refractivity contribution is -0.122. The van der Waals surface area contributed by atoms with Gasteiger partial charge in [-0.15, -0.1) is 0 Å². The minimum Gasteiger partial charge on any atom is -0.348 e. The van der Waals surface area contributed by atoms with Crippen LogP contribution in [0, 0.1) is 11.3 Å². The van der Waals surface area contributed by atoms with Crippen LogP contribution in [0.1, 0.15) is 31.0 Å². The molecule has 0 saturated carbocycles. The standard InChI is InChI=1S/C20H20N4O2/c1-3-23-17-6-4-5-7-18(17)24(20(23)26)13-19(25)22-14(2)16-10-8-15(12-21)9-11-16/h4-11,14H,3,13H2,1-2H3,(H,22,25). The molecule has 1 amide bonds. The first-order chi connectivity index (χ1) is 12.5. The van der Waals surface area contributed by atoms with E-state index in [-0.39, 0.29) is 24.2 Å². The lowest BCUT2D eigenvalue weighted by atomic mass is 10.1. The molecule has 0 saturated heterocycles. The largest absolute Gasteiger partial charge is 0.348 e. The molecule has 2 aromatic carbocycles. The number of nitrogens with zero attached hydrogens (tertiary/aromatic N) is 3. The number of para-hydroxylation sites is 2. The molecule has 0 aliphatic heterocycles. The van der Waals surface area contributed by atoms with Crippen LogP contribution in [-0.2, 0) is 17.9 Å². The van der Waals surface area contributed by atoms with E-state index in [1.807, 2.05) is 50.2 Å². The molecule has 1 atom stereocenters.